The third-order valence-electron chi connectivity index (χ3n) is 5.48. The molecule has 1 aromatic carbocycles. The number of aromatic nitrogens is 1. The number of carbonyl (C=O) groups is 3. The molecule has 4 heterocycles. The monoisotopic (exact) mass is 462 g/mol. The molecule has 0 unspecified atom stereocenters. The minimum atomic E-state index is -1.85. The maximum atomic E-state index is 14.7. The summed E-state index contributed by atoms with van der Waals surface area (Å²) in [6.45, 7) is -0.394. The van der Waals surface area contributed by atoms with Crippen LogP contribution in [-0.2, 0) is 16.9 Å². The second kappa shape index (κ2) is 6.89. The van der Waals surface area contributed by atoms with Crippen molar-refractivity contribution in [3.8, 4) is 5.75 Å². The molecule has 1 fully saturated rings. The van der Waals surface area contributed by atoms with Gasteiger partial charge in [-0.3, -0.25) is 14.9 Å². The van der Waals surface area contributed by atoms with Gasteiger partial charge in [-0.1, -0.05) is 17.7 Å². The van der Waals surface area contributed by atoms with Crippen molar-refractivity contribution in [2.45, 2.75) is 12.1 Å². The van der Waals surface area contributed by atoms with Crippen LogP contribution in [0.3, 0.4) is 0 Å². The van der Waals surface area contributed by atoms with Gasteiger partial charge >= 0.3 is 6.03 Å². The van der Waals surface area contributed by atoms with E-state index in [0.717, 1.165) is 6.07 Å². The first-order valence-corrected chi connectivity index (χ1v) is 9.65. The van der Waals surface area contributed by atoms with Crippen LogP contribution in [0.1, 0.15) is 21.7 Å². The molecule has 2 N–H and O–H groups in total. The molecule has 12 heteroatoms. The molecule has 164 valence electrons. The average Bonchev–Trinajstić information content (AvgIpc) is 3.38. The van der Waals surface area contributed by atoms with Gasteiger partial charge in [-0.15, -0.1) is 0 Å². The molecule has 3 aromatic rings. The Balaban J connectivity index is 1.57. The van der Waals surface area contributed by atoms with Crippen LogP contribution < -0.4 is 15.4 Å². The molecule has 0 saturated carbocycles. The van der Waals surface area contributed by atoms with E-state index in [4.69, 9.17) is 20.8 Å². The third kappa shape index (κ3) is 2.81. The SMILES string of the molecule is COc1ccc2c(c1F)C(=O)N(C[C@@]1(c3cc4nc(Cl)c(F)cc4o3)NC(=O)NC1=O)C2. The third-order valence-corrected chi connectivity index (χ3v) is 5.74. The highest BCUT2D eigenvalue weighted by Gasteiger charge is 2.53. The van der Waals surface area contributed by atoms with Gasteiger partial charge in [0.15, 0.2) is 33.7 Å². The predicted octanol–water partition coefficient (Wildman–Crippen LogP) is 2.46. The lowest BCUT2D eigenvalue weighted by atomic mass is 9.95. The Kier molecular flexibility index (Phi) is 4.35. The summed E-state index contributed by atoms with van der Waals surface area (Å²) in [6, 6.07) is 4.45. The number of hydrogen-bond donors (Lipinski definition) is 2. The Labute approximate surface area is 183 Å². The van der Waals surface area contributed by atoms with Gasteiger partial charge in [0.1, 0.15) is 11.3 Å². The number of rotatable bonds is 4. The molecular formula is C20H13ClF2N4O5. The topological polar surface area (TPSA) is 114 Å². The molecular weight excluding hydrogens is 450 g/mol. The fourth-order valence-electron chi connectivity index (χ4n) is 3.95. The number of hydrogen-bond acceptors (Lipinski definition) is 6. The number of ether oxygens (including phenoxy) is 1. The number of amides is 4. The fourth-order valence-corrected chi connectivity index (χ4v) is 4.10. The molecule has 4 amide bonds. The molecule has 2 aliphatic heterocycles. The Morgan fingerprint density at radius 2 is 2.06 bits per heavy atom. The van der Waals surface area contributed by atoms with Crippen LogP contribution in [0.4, 0.5) is 13.6 Å². The molecule has 32 heavy (non-hydrogen) atoms. The number of fused-ring (bicyclic) bond motifs is 2. The van der Waals surface area contributed by atoms with E-state index < -0.39 is 40.2 Å². The van der Waals surface area contributed by atoms with Crippen molar-refractivity contribution in [1.29, 1.82) is 0 Å². The van der Waals surface area contributed by atoms with E-state index in [1.807, 2.05) is 0 Å². The van der Waals surface area contributed by atoms with Gasteiger partial charge < -0.3 is 19.4 Å². The smallest absolute Gasteiger partial charge is 0.322 e. The number of imide groups is 1. The molecule has 0 bridgehead atoms. The fraction of sp³-hybridized carbons (Fsp3) is 0.200. The van der Waals surface area contributed by atoms with E-state index in [2.05, 4.69) is 15.6 Å². The molecule has 5 rings (SSSR count). The summed E-state index contributed by atoms with van der Waals surface area (Å²) in [6.07, 6.45) is 0. The maximum Gasteiger partial charge on any atom is 0.322 e. The van der Waals surface area contributed by atoms with E-state index in [1.165, 1.54) is 24.1 Å². The summed E-state index contributed by atoms with van der Waals surface area (Å²) in [4.78, 5) is 42.9. The highest BCUT2D eigenvalue weighted by Crippen LogP contribution is 2.36. The minimum absolute atomic E-state index is 0.0120. The predicted molar refractivity (Wildman–Crippen MR) is 105 cm³/mol. The summed E-state index contributed by atoms with van der Waals surface area (Å²) in [5.41, 5.74) is -1.50. The Hall–Kier alpha value is -3.73. The van der Waals surface area contributed by atoms with Crippen molar-refractivity contribution < 1.29 is 32.3 Å². The van der Waals surface area contributed by atoms with Crippen LogP contribution >= 0.6 is 11.6 Å². The number of urea groups is 1. The quantitative estimate of drug-likeness (QED) is 0.455. The van der Waals surface area contributed by atoms with Crippen LogP contribution in [0.5, 0.6) is 5.75 Å². The van der Waals surface area contributed by atoms with Crippen LogP contribution in [-0.4, -0.2) is 41.4 Å². The largest absolute Gasteiger partial charge is 0.494 e. The first-order chi connectivity index (χ1) is 15.2. The van der Waals surface area contributed by atoms with E-state index in [-0.39, 0.29) is 41.3 Å². The zero-order valence-corrected chi connectivity index (χ0v) is 17.0. The number of benzene rings is 1. The lowest BCUT2D eigenvalue weighted by molar-refractivity contribution is -0.125. The Morgan fingerprint density at radius 1 is 1.28 bits per heavy atom. The summed E-state index contributed by atoms with van der Waals surface area (Å²) in [5, 5.41) is 4.19. The van der Waals surface area contributed by atoms with Gasteiger partial charge in [0.2, 0.25) is 0 Å². The van der Waals surface area contributed by atoms with Crippen molar-refractivity contribution in [3.05, 3.63) is 57.9 Å². The number of furan rings is 1. The number of halogens is 3. The second-order valence-electron chi connectivity index (χ2n) is 7.35. The van der Waals surface area contributed by atoms with E-state index in [9.17, 15) is 23.2 Å². The van der Waals surface area contributed by atoms with Crippen molar-refractivity contribution in [2.24, 2.45) is 0 Å². The van der Waals surface area contributed by atoms with E-state index in [1.54, 1.807) is 6.07 Å². The van der Waals surface area contributed by atoms with Crippen molar-refractivity contribution >= 4 is 40.5 Å². The maximum absolute atomic E-state index is 14.7. The molecule has 0 radical (unpaired) electrons. The van der Waals surface area contributed by atoms with Gasteiger partial charge in [-0.25, -0.2) is 18.6 Å². The lowest BCUT2D eigenvalue weighted by Gasteiger charge is -2.28. The summed E-state index contributed by atoms with van der Waals surface area (Å²) < 4.78 is 39.0. The summed E-state index contributed by atoms with van der Waals surface area (Å²) in [7, 11) is 1.28. The summed E-state index contributed by atoms with van der Waals surface area (Å²) in [5.74, 6) is -3.31. The van der Waals surface area contributed by atoms with Crippen molar-refractivity contribution in [1.82, 2.24) is 20.5 Å². The van der Waals surface area contributed by atoms with Gasteiger partial charge in [-0.2, -0.15) is 0 Å². The molecule has 2 aromatic heterocycles. The number of nitrogens with one attached hydrogen (secondary N) is 2. The molecule has 0 aliphatic carbocycles. The van der Waals surface area contributed by atoms with Crippen molar-refractivity contribution in [3.63, 3.8) is 0 Å². The van der Waals surface area contributed by atoms with Gasteiger partial charge in [0.05, 0.1) is 19.2 Å². The second-order valence-corrected chi connectivity index (χ2v) is 7.70. The molecule has 9 nitrogen and oxygen atoms in total. The normalized spacial score (nSPS) is 20.0. The average molecular weight is 463 g/mol. The Bertz CT molecular complexity index is 1300. The number of pyridine rings is 1. The van der Waals surface area contributed by atoms with E-state index >= 15 is 0 Å². The minimum Gasteiger partial charge on any atom is -0.494 e. The highest BCUT2D eigenvalue weighted by atomic mass is 35.5. The van der Waals surface area contributed by atoms with Crippen LogP contribution in [0, 0.1) is 11.6 Å². The number of methoxy groups -OCH3 is 1. The van der Waals surface area contributed by atoms with Gasteiger partial charge in [0, 0.05) is 18.7 Å². The number of carbonyl (C=O) groups excluding carboxylic acids is 3. The van der Waals surface area contributed by atoms with Gasteiger partial charge in [-0.05, 0) is 11.6 Å². The Morgan fingerprint density at radius 3 is 2.75 bits per heavy atom. The first kappa shape index (κ1) is 20.2. The van der Waals surface area contributed by atoms with Crippen LogP contribution in [0.2, 0.25) is 5.15 Å². The van der Waals surface area contributed by atoms with Crippen LogP contribution in [0.15, 0.2) is 28.7 Å². The number of nitrogens with zero attached hydrogens (tertiary/aromatic N) is 2. The molecule has 2 aliphatic rings. The highest BCUT2D eigenvalue weighted by molar-refractivity contribution is 6.29. The first-order valence-electron chi connectivity index (χ1n) is 9.28. The van der Waals surface area contributed by atoms with E-state index in [0.29, 0.717) is 5.56 Å². The molecule has 1 saturated heterocycles. The van der Waals surface area contributed by atoms with Crippen LogP contribution in [0.25, 0.3) is 11.1 Å². The zero-order chi connectivity index (χ0) is 22.8. The molecule has 1 atom stereocenters. The van der Waals surface area contributed by atoms with Gasteiger partial charge in [0.25, 0.3) is 11.8 Å². The standard InChI is InChI=1S/C20H13ClF2N4O5/c1-31-11-3-2-8-6-27(17(28)14(8)15(11)23)7-20(18(29)25-19(30)26-20)13-5-10-12(32-13)4-9(22)16(21)24-10/h2-5H,6-7H2,1H3,(H2,25,26,29,30)/t20-/m0/s1. The zero-order valence-electron chi connectivity index (χ0n) is 16.3. The molecule has 0 spiro atoms. The van der Waals surface area contributed by atoms with Crippen molar-refractivity contribution in [2.75, 3.05) is 13.7 Å². The summed E-state index contributed by atoms with van der Waals surface area (Å²) >= 11 is 5.72. The lowest BCUT2D eigenvalue weighted by Crippen LogP contribution is -2.52.